The monoisotopic (exact) mass is 396 g/mol. The number of ketones is 1. The number of likely N-dealkylation sites (N-methyl/N-ethyl adjacent to an activating group) is 2. The normalized spacial score (nSPS) is 12.6. The van der Waals surface area contributed by atoms with Gasteiger partial charge < -0.3 is 14.5 Å². The first-order chi connectivity index (χ1) is 13.9. The van der Waals surface area contributed by atoms with Crippen LogP contribution in [0.5, 0.6) is 5.75 Å². The smallest absolute Gasteiger partial charge is 0.253 e. The van der Waals surface area contributed by atoms with Crippen molar-refractivity contribution in [1.29, 1.82) is 0 Å². The van der Waals surface area contributed by atoms with Crippen LogP contribution < -0.4 is 4.74 Å². The van der Waals surface area contributed by atoms with Crippen molar-refractivity contribution in [3.05, 3.63) is 65.7 Å². The average molecular weight is 396 g/mol. The lowest BCUT2D eigenvalue weighted by Gasteiger charge is -2.40. The highest BCUT2D eigenvalue weighted by Gasteiger charge is 2.44. The van der Waals surface area contributed by atoms with Crippen molar-refractivity contribution >= 4 is 18.1 Å². The molecule has 2 aromatic rings. The summed E-state index contributed by atoms with van der Waals surface area (Å²) in [6.45, 7) is 6.01. The molecule has 2 rings (SSSR count). The second-order valence-corrected chi connectivity index (χ2v) is 6.84. The molecule has 29 heavy (non-hydrogen) atoms. The third kappa shape index (κ3) is 4.65. The van der Waals surface area contributed by atoms with Crippen LogP contribution in [0.4, 0.5) is 0 Å². The van der Waals surface area contributed by atoms with Gasteiger partial charge in [0, 0.05) is 24.7 Å². The molecule has 0 N–H and O–H groups in total. The molecule has 0 aliphatic rings. The molecule has 0 saturated heterocycles. The maximum Gasteiger partial charge on any atom is 0.253 e. The van der Waals surface area contributed by atoms with Gasteiger partial charge in [0.1, 0.15) is 11.3 Å². The molecule has 0 spiro atoms. The third-order valence-corrected chi connectivity index (χ3v) is 4.99. The van der Waals surface area contributed by atoms with E-state index in [-0.39, 0.29) is 18.2 Å². The molecule has 1 atom stereocenters. The fourth-order valence-corrected chi connectivity index (χ4v) is 3.41. The first-order valence-electron chi connectivity index (χ1n) is 9.68. The number of para-hydroxylation sites is 1. The first-order valence-corrected chi connectivity index (χ1v) is 9.68. The van der Waals surface area contributed by atoms with E-state index in [9.17, 15) is 14.4 Å². The average Bonchev–Trinajstić information content (AvgIpc) is 2.75. The lowest BCUT2D eigenvalue weighted by molar-refractivity contribution is -0.147. The minimum atomic E-state index is -1.31. The SMILES string of the molecule is CCOc1ccccc1C(C)(C(=O)N(C)CC(=O)c1ccccc1)N(C=O)CC. The van der Waals surface area contributed by atoms with Crippen LogP contribution in [0.2, 0.25) is 0 Å². The van der Waals surface area contributed by atoms with Gasteiger partial charge in [-0.15, -0.1) is 0 Å². The van der Waals surface area contributed by atoms with Gasteiger partial charge in [0.25, 0.3) is 5.91 Å². The van der Waals surface area contributed by atoms with Crippen LogP contribution in [-0.4, -0.2) is 54.6 Å². The van der Waals surface area contributed by atoms with E-state index in [1.165, 1.54) is 9.80 Å². The molecular formula is C23H28N2O4. The Bertz CT molecular complexity index is 853. The number of hydrogen-bond donors (Lipinski definition) is 0. The summed E-state index contributed by atoms with van der Waals surface area (Å²) in [5.74, 6) is 0.00728. The van der Waals surface area contributed by atoms with Crippen molar-refractivity contribution in [2.45, 2.75) is 26.3 Å². The summed E-state index contributed by atoms with van der Waals surface area (Å²) in [6, 6.07) is 16.0. The van der Waals surface area contributed by atoms with Crippen molar-refractivity contribution in [2.75, 3.05) is 26.7 Å². The van der Waals surface area contributed by atoms with Gasteiger partial charge in [0.05, 0.1) is 13.2 Å². The number of nitrogens with zero attached hydrogens (tertiary/aromatic N) is 2. The molecule has 0 aliphatic heterocycles. The number of carbonyl (C=O) groups is 3. The number of ether oxygens (including phenoxy) is 1. The summed E-state index contributed by atoms with van der Waals surface area (Å²) in [7, 11) is 1.57. The molecule has 1 unspecified atom stereocenters. The Labute approximate surface area is 172 Å². The fourth-order valence-electron chi connectivity index (χ4n) is 3.41. The van der Waals surface area contributed by atoms with E-state index >= 15 is 0 Å². The number of Topliss-reactive ketones (excluding diaryl/α,β-unsaturated/α-hetero) is 1. The highest BCUT2D eigenvalue weighted by molar-refractivity contribution is 6.00. The Morgan fingerprint density at radius 3 is 2.24 bits per heavy atom. The molecule has 2 amide bonds. The van der Waals surface area contributed by atoms with Crippen molar-refractivity contribution < 1.29 is 19.1 Å². The van der Waals surface area contributed by atoms with Gasteiger partial charge in [-0.05, 0) is 26.8 Å². The molecule has 154 valence electrons. The highest BCUT2D eigenvalue weighted by atomic mass is 16.5. The second-order valence-electron chi connectivity index (χ2n) is 6.84. The van der Waals surface area contributed by atoms with E-state index in [1.807, 2.05) is 19.1 Å². The summed E-state index contributed by atoms with van der Waals surface area (Å²) in [5.41, 5.74) is -0.195. The number of hydrogen-bond acceptors (Lipinski definition) is 4. The van der Waals surface area contributed by atoms with Gasteiger partial charge >= 0.3 is 0 Å². The van der Waals surface area contributed by atoms with Crippen LogP contribution in [0.15, 0.2) is 54.6 Å². The van der Waals surface area contributed by atoms with E-state index in [1.54, 1.807) is 63.4 Å². The minimum absolute atomic E-state index is 0.0916. The van der Waals surface area contributed by atoms with Crippen LogP contribution in [-0.2, 0) is 15.1 Å². The van der Waals surface area contributed by atoms with Crippen molar-refractivity contribution in [1.82, 2.24) is 9.80 Å². The van der Waals surface area contributed by atoms with Gasteiger partial charge in [-0.1, -0.05) is 48.5 Å². The number of carbonyl (C=O) groups excluding carboxylic acids is 3. The topological polar surface area (TPSA) is 66.9 Å². The zero-order valence-corrected chi connectivity index (χ0v) is 17.4. The molecule has 0 fully saturated rings. The number of amides is 2. The largest absolute Gasteiger partial charge is 0.493 e. The van der Waals surface area contributed by atoms with Crippen LogP contribution in [0.1, 0.15) is 36.7 Å². The third-order valence-electron chi connectivity index (χ3n) is 4.99. The molecule has 0 saturated carbocycles. The van der Waals surface area contributed by atoms with Crippen LogP contribution >= 0.6 is 0 Å². The quantitative estimate of drug-likeness (QED) is 0.457. The van der Waals surface area contributed by atoms with E-state index in [4.69, 9.17) is 4.74 Å². The number of benzene rings is 2. The van der Waals surface area contributed by atoms with Crippen LogP contribution in [0.25, 0.3) is 0 Å². The molecular weight excluding hydrogens is 368 g/mol. The maximum absolute atomic E-state index is 13.6. The molecule has 0 aliphatic carbocycles. The molecule has 0 aromatic heterocycles. The second kappa shape index (κ2) is 9.87. The Hall–Kier alpha value is -3.15. The molecule has 0 heterocycles. The van der Waals surface area contributed by atoms with E-state index in [0.717, 1.165) is 0 Å². The summed E-state index contributed by atoms with van der Waals surface area (Å²) in [4.78, 5) is 40.8. The standard InChI is InChI=1S/C23H28N2O4/c1-5-25(17-26)23(3,19-14-10-11-15-21(19)29-6-2)22(28)24(4)16-20(27)18-12-8-7-9-13-18/h7-15,17H,5-6,16H2,1-4H3. The Morgan fingerprint density at radius 1 is 1.03 bits per heavy atom. The Morgan fingerprint density at radius 2 is 1.66 bits per heavy atom. The molecule has 2 aromatic carbocycles. The van der Waals surface area contributed by atoms with Crippen LogP contribution in [0.3, 0.4) is 0 Å². The lowest BCUT2D eigenvalue weighted by Crippen LogP contribution is -2.55. The van der Waals surface area contributed by atoms with E-state index in [0.29, 0.717) is 36.4 Å². The fraction of sp³-hybridized carbons (Fsp3) is 0.348. The predicted molar refractivity (Wildman–Crippen MR) is 112 cm³/mol. The van der Waals surface area contributed by atoms with Gasteiger partial charge in [0.15, 0.2) is 5.78 Å². The zero-order chi connectivity index (χ0) is 21.4. The van der Waals surface area contributed by atoms with Crippen molar-refractivity contribution in [2.24, 2.45) is 0 Å². The lowest BCUT2D eigenvalue weighted by atomic mass is 9.87. The van der Waals surface area contributed by atoms with Gasteiger partial charge in [-0.25, -0.2) is 0 Å². The molecule has 0 bridgehead atoms. The Kier molecular flexibility index (Phi) is 7.53. The predicted octanol–water partition coefficient (Wildman–Crippen LogP) is 3.12. The van der Waals surface area contributed by atoms with Crippen molar-refractivity contribution in [3.8, 4) is 5.75 Å². The zero-order valence-electron chi connectivity index (χ0n) is 17.4. The first kappa shape index (κ1) is 22.1. The number of rotatable bonds is 10. The summed E-state index contributed by atoms with van der Waals surface area (Å²) < 4.78 is 5.72. The van der Waals surface area contributed by atoms with E-state index in [2.05, 4.69) is 0 Å². The van der Waals surface area contributed by atoms with Crippen molar-refractivity contribution in [3.63, 3.8) is 0 Å². The molecule has 0 radical (unpaired) electrons. The summed E-state index contributed by atoms with van der Waals surface area (Å²) in [6.07, 6.45) is 0.660. The highest BCUT2D eigenvalue weighted by Crippen LogP contribution is 2.36. The molecule has 6 heteroatoms. The minimum Gasteiger partial charge on any atom is -0.493 e. The van der Waals surface area contributed by atoms with Gasteiger partial charge in [-0.2, -0.15) is 0 Å². The van der Waals surface area contributed by atoms with Crippen LogP contribution in [0, 0.1) is 0 Å². The summed E-state index contributed by atoms with van der Waals surface area (Å²) >= 11 is 0. The van der Waals surface area contributed by atoms with Gasteiger partial charge in [0.2, 0.25) is 6.41 Å². The molecule has 6 nitrogen and oxygen atoms in total. The van der Waals surface area contributed by atoms with E-state index < -0.39 is 5.54 Å². The Balaban J connectivity index is 2.43. The maximum atomic E-state index is 13.6. The summed E-state index contributed by atoms with van der Waals surface area (Å²) in [5, 5.41) is 0. The van der Waals surface area contributed by atoms with Gasteiger partial charge in [-0.3, -0.25) is 14.4 Å².